The van der Waals surface area contributed by atoms with Gasteiger partial charge in [-0.3, -0.25) is 19.7 Å². The third kappa shape index (κ3) is 9.03. The van der Waals surface area contributed by atoms with Crippen molar-refractivity contribution in [2.45, 2.75) is 105 Å². The lowest BCUT2D eigenvalue weighted by atomic mass is 9.84. The zero-order valence-electron chi connectivity index (χ0n) is 28.6. The highest BCUT2D eigenvalue weighted by atomic mass is 35.5. The fourth-order valence-electron chi connectivity index (χ4n) is 7.22. The molecule has 2 aromatic carbocycles. The number of fused-ring (bicyclic) bond motifs is 2. The predicted octanol–water partition coefficient (Wildman–Crippen LogP) is 2.13. The molecule has 284 valence electrons. The minimum Gasteiger partial charge on any atom is -0.480 e. The van der Waals surface area contributed by atoms with Gasteiger partial charge in [0, 0.05) is 11.7 Å². The Balaban J connectivity index is 1.17. The topological polar surface area (TPSA) is 243 Å². The lowest BCUT2D eigenvalue weighted by Gasteiger charge is -2.35. The summed E-state index contributed by atoms with van der Waals surface area (Å²) >= 11 is 6.02. The first-order valence-corrected chi connectivity index (χ1v) is 20.4. The molecule has 52 heavy (non-hydrogen) atoms. The van der Waals surface area contributed by atoms with Crippen LogP contribution in [-0.2, 0) is 50.4 Å². The van der Waals surface area contributed by atoms with E-state index in [0.29, 0.717) is 18.5 Å². The van der Waals surface area contributed by atoms with Crippen LogP contribution >= 0.6 is 11.6 Å². The summed E-state index contributed by atoms with van der Waals surface area (Å²) in [6, 6.07) is 6.07. The van der Waals surface area contributed by atoms with E-state index < -0.39 is 67.1 Å². The Morgan fingerprint density at radius 3 is 2.48 bits per heavy atom. The molecule has 3 aliphatic rings. The Morgan fingerprint density at radius 2 is 1.83 bits per heavy atom. The zero-order valence-corrected chi connectivity index (χ0v) is 31.0. The maximum Gasteiger partial charge on any atom is 0.326 e. The number of rotatable bonds is 13. The first kappa shape index (κ1) is 39.4. The van der Waals surface area contributed by atoms with Crippen molar-refractivity contribution in [3.63, 3.8) is 0 Å². The van der Waals surface area contributed by atoms with Crippen molar-refractivity contribution in [1.82, 2.24) is 14.9 Å². The number of hydrogen-bond acceptors (Lipinski definition) is 11. The van der Waals surface area contributed by atoms with Gasteiger partial charge in [-0.2, -0.15) is 4.72 Å². The fraction of sp³-hybridized carbons (Fsp3) is 0.515. The van der Waals surface area contributed by atoms with Crippen LogP contribution in [0.15, 0.2) is 46.2 Å². The fourth-order valence-corrected chi connectivity index (χ4v) is 9.72. The number of sulfonamides is 2. The number of nitrogens with zero attached hydrogens (tertiary/aromatic N) is 1. The second kappa shape index (κ2) is 16.1. The number of nitrogens with two attached hydrogens (primary N) is 1. The molecule has 19 heteroatoms. The van der Waals surface area contributed by atoms with E-state index in [4.69, 9.17) is 21.5 Å². The van der Waals surface area contributed by atoms with E-state index in [1.807, 2.05) is 0 Å². The second-order valence-corrected chi connectivity index (χ2v) is 16.9. The highest BCUT2D eigenvalue weighted by molar-refractivity contribution is 7.90. The number of likely N-dealkylation sites (tertiary alicyclic amines) is 1. The van der Waals surface area contributed by atoms with Crippen molar-refractivity contribution < 1.29 is 45.9 Å². The van der Waals surface area contributed by atoms with Crippen LogP contribution in [0.25, 0.3) is 0 Å². The SMILES string of the molecule is CCOC(=O)[C@H](CCc1ccc(NC(=O)C[C@H]2Nc3cc(Cl)c(S(N)(=O)=O)cc3S(=O)(=O)N2)cc1)NC(C)C(=O)N1[C@@H]2CCCC[C@@H]2C[C@H]1C(=O)O. The summed E-state index contributed by atoms with van der Waals surface area (Å²) in [6.07, 6.45) is 3.32. The van der Waals surface area contributed by atoms with Crippen molar-refractivity contribution in [3.8, 4) is 0 Å². The van der Waals surface area contributed by atoms with Crippen LogP contribution in [0.2, 0.25) is 5.02 Å². The van der Waals surface area contributed by atoms with Crippen LogP contribution in [-0.4, -0.2) is 87.5 Å². The molecule has 1 unspecified atom stereocenters. The number of hydrogen-bond donors (Lipinski definition) is 6. The third-order valence-corrected chi connectivity index (χ3v) is 12.5. The molecule has 0 aromatic heterocycles. The van der Waals surface area contributed by atoms with E-state index in [9.17, 15) is 41.1 Å². The lowest BCUT2D eigenvalue weighted by molar-refractivity contribution is -0.152. The molecular formula is C33H43ClN6O10S2. The normalized spacial score (nSPS) is 23.3. The smallest absolute Gasteiger partial charge is 0.326 e. The highest BCUT2D eigenvalue weighted by Crippen LogP contribution is 2.40. The molecule has 0 radical (unpaired) electrons. The molecule has 0 bridgehead atoms. The average Bonchev–Trinajstić information content (AvgIpc) is 3.46. The maximum atomic E-state index is 13.6. The molecule has 2 heterocycles. The van der Waals surface area contributed by atoms with Crippen molar-refractivity contribution in [3.05, 3.63) is 47.0 Å². The van der Waals surface area contributed by atoms with Gasteiger partial charge in [0.25, 0.3) is 0 Å². The minimum absolute atomic E-state index is 0.00559. The van der Waals surface area contributed by atoms with E-state index >= 15 is 0 Å². The summed E-state index contributed by atoms with van der Waals surface area (Å²) in [7, 11) is -8.51. The van der Waals surface area contributed by atoms with Crippen LogP contribution < -0.4 is 25.8 Å². The monoisotopic (exact) mass is 782 g/mol. The Morgan fingerprint density at radius 1 is 1.13 bits per heavy atom. The van der Waals surface area contributed by atoms with Gasteiger partial charge < -0.3 is 25.4 Å². The van der Waals surface area contributed by atoms with Crippen molar-refractivity contribution >= 4 is 66.8 Å². The first-order valence-electron chi connectivity index (χ1n) is 17.0. The Bertz CT molecular complexity index is 1930. The molecule has 1 aliphatic carbocycles. The van der Waals surface area contributed by atoms with Crippen LogP contribution in [0.4, 0.5) is 11.4 Å². The second-order valence-electron chi connectivity index (χ2n) is 13.3. The number of carbonyl (C=O) groups excluding carboxylic acids is 3. The molecule has 2 fully saturated rings. The molecular weight excluding hydrogens is 740 g/mol. The van der Waals surface area contributed by atoms with E-state index in [0.717, 1.165) is 43.4 Å². The molecule has 2 aliphatic heterocycles. The van der Waals surface area contributed by atoms with Gasteiger partial charge in [-0.25, -0.2) is 26.8 Å². The Labute approximate surface area is 307 Å². The highest BCUT2D eigenvalue weighted by Gasteiger charge is 2.48. The van der Waals surface area contributed by atoms with Crippen molar-refractivity contribution in [2.24, 2.45) is 11.1 Å². The van der Waals surface area contributed by atoms with Crippen LogP contribution in [0.3, 0.4) is 0 Å². The van der Waals surface area contributed by atoms with Gasteiger partial charge in [-0.15, -0.1) is 0 Å². The summed E-state index contributed by atoms with van der Waals surface area (Å²) in [5, 5.41) is 23.4. The number of carboxylic acid groups (broad SMARTS) is 1. The largest absolute Gasteiger partial charge is 0.480 e. The molecule has 6 atom stereocenters. The lowest BCUT2D eigenvalue weighted by Crippen LogP contribution is -2.55. The van der Waals surface area contributed by atoms with Gasteiger partial charge >= 0.3 is 11.9 Å². The summed E-state index contributed by atoms with van der Waals surface area (Å²) in [5.74, 6) is -2.28. The summed E-state index contributed by atoms with van der Waals surface area (Å²) < 4.78 is 56.8. The number of halogens is 1. The number of nitrogens with one attached hydrogen (secondary N) is 4. The van der Waals surface area contributed by atoms with E-state index in [2.05, 4.69) is 20.7 Å². The maximum absolute atomic E-state index is 13.6. The standard InChI is InChI=1S/C33H43ClN6O10S2/c1-3-50-33(45)23(36-18(2)31(42)40-25-7-5-4-6-20(25)14-26(40)32(43)44)13-10-19-8-11-21(12-9-19)37-30(41)17-29-38-24-15-22(34)27(51(35,46)47)16-28(24)52(48,49)39-29/h8-9,11-12,15-16,18,20,23,25-26,29,36,38-39H,3-7,10,13-14,17H2,1-2H3,(H,37,41)(H,43,44)(H2,35,46,47)/t18?,20-,23+,25-,26+,29+/m1/s1. The van der Waals surface area contributed by atoms with Crippen LogP contribution in [0, 0.1) is 5.92 Å². The van der Waals surface area contributed by atoms with Gasteiger partial charge in [0.05, 0.1) is 35.9 Å². The Kier molecular flexibility index (Phi) is 12.2. The Hall–Kier alpha value is -3.81. The van der Waals surface area contributed by atoms with E-state index in [-0.39, 0.29) is 52.9 Å². The number of benzene rings is 2. The number of carboxylic acids is 1. The predicted molar refractivity (Wildman–Crippen MR) is 190 cm³/mol. The van der Waals surface area contributed by atoms with Crippen LogP contribution in [0.5, 0.6) is 0 Å². The summed E-state index contributed by atoms with van der Waals surface area (Å²) in [5.41, 5.74) is 1.25. The molecule has 5 rings (SSSR count). The van der Waals surface area contributed by atoms with Gasteiger partial charge in [-0.05, 0) is 81.7 Å². The van der Waals surface area contributed by atoms with Gasteiger partial charge in [0.1, 0.15) is 21.9 Å². The minimum atomic E-state index is -4.29. The number of aliphatic carboxylic acids is 1. The average molecular weight is 783 g/mol. The molecule has 1 saturated heterocycles. The van der Waals surface area contributed by atoms with Crippen molar-refractivity contribution in [2.75, 3.05) is 17.2 Å². The van der Waals surface area contributed by atoms with Gasteiger partial charge in [0.15, 0.2) is 0 Å². The van der Waals surface area contributed by atoms with Crippen LogP contribution in [0.1, 0.15) is 64.4 Å². The molecule has 0 spiro atoms. The number of aryl methyl sites for hydroxylation is 1. The van der Waals surface area contributed by atoms with Gasteiger partial charge in [0.2, 0.25) is 31.9 Å². The molecule has 2 aromatic rings. The number of primary sulfonamides is 1. The third-order valence-electron chi connectivity index (χ3n) is 9.63. The van der Waals surface area contributed by atoms with Gasteiger partial charge in [-0.1, -0.05) is 36.6 Å². The van der Waals surface area contributed by atoms with Crippen molar-refractivity contribution in [1.29, 1.82) is 0 Å². The number of esters is 1. The number of carbonyl (C=O) groups is 4. The number of amides is 2. The quantitative estimate of drug-likeness (QED) is 0.160. The first-order chi connectivity index (χ1) is 24.5. The number of anilines is 2. The van der Waals surface area contributed by atoms with E-state index in [1.165, 1.54) is 4.90 Å². The molecule has 16 nitrogen and oxygen atoms in total. The van der Waals surface area contributed by atoms with E-state index in [1.54, 1.807) is 38.1 Å². The molecule has 1 saturated carbocycles. The summed E-state index contributed by atoms with van der Waals surface area (Å²) in [4.78, 5) is 52.1. The number of ether oxygens (including phenoxy) is 1. The molecule has 2 amide bonds. The summed E-state index contributed by atoms with van der Waals surface area (Å²) in [6.45, 7) is 3.46. The molecule has 7 N–H and O–H groups in total. The zero-order chi connectivity index (χ0) is 38.0.